The molecule has 1 aliphatic rings. The number of carbonyl (C=O) groups excluding carboxylic acids is 2. The van der Waals surface area contributed by atoms with Crippen molar-refractivity contribution in [2.45, 2.75) is 31.7 Å². The minimum Gasteiger partial charge on any atom is -0.480 e. The van der Waals surface area contributed by atoms with Gasteiger partial charge in [-0.2, -0.15) is 0 Å². The molecule has 2 atom stereocenters. The summed E-state index contributed by atoms with van der Waals surface area (Å²) < 4.78 is 0. The molecular formula is C13H23N3O4S. The molecule has 0 aromatic heterocycles. The zero-order valence-electron chi connectivity index (χ0n) is 12.9. The number of thioether (sulfide) groups is 1. The van der Waals surface area contributed by atoms with Gasteiger partial charge < -0.3 is 14.9 Å². The van der Waals surface area contributed by atoms with Gasteiger partial charge in [-0.05, 0) is 13.3 Å². The highest BCUT2D eigenvalue weighted by Crippen LogP contribution is 2.29. The fraction of sp³-hybridized carbons (Fsp3) is 0.769. The van der Waals surface area contributed by atoms with Crippen molar-refractivity contribution in [1.29, 1.82) is 0 Å². The van der Waals surface area contributed by atoms with Gasteiger partial charge in [0, 0.05) is 26.4 Å². The molecule has 21 heavy (non-hydrogen) atoms. The van der Waals surface area contributed by atoms with Gasteiger partial charge in [-0.25, -0.2) is 9.59 Å². The first-order valence-corrected chi connectivity index (χ1v) is 7.96. The topological polar surface area (TPSA) is 81.2 Å². The molecule has 0 saturated carbocycles. The lowest BCUT2D eigenvalue weighted by Gasteiger charge is -2.32. The second-order valence-corrected chi connectivity index (χ2v) is 6.54. The number of aliphatic carboxylic acids is 1. The molecule has 0 aromatic rings. The monoisotopic (exact) mass is 317 g/mol. The van der Waals surface area contributed by atoms with E-state index < -0.39 is 12.0 Å². The molecule has 0 aliphatic carbocycles. The second-order valence-electron chi connectivity index (χ2n) is 5.19. The summed E-state index contributed by atoms with van der Waals surface area (Å²) in [5.74, 6) is -0.803. The van der Waals surface area contributed by atoms with Crippen molar-refractivity contribution in [3.8, 4) is 0 Å². The van der Waals surface area contributed by atoms with Crippen molar-refractivity contribution in [2.75, 3.05) is 32.9 Å². The van der Waals surface area contributed by atoms with E-state index in [0.717, 1.165) is 0 Å². The average molecular weight is 317 g/mol. The van der Waals surface area contributed by atoms with Crippen LogP contribution in [0, 0.1) is 0 Å². The van der Waals surface area contributed by atoms with Crippen LogP contribution in [0.4, 0.5) is 4.79 Å². The Balaban J connectivity index is 2.88. The molecule has 0 bridgehead atoms. The SMILES string of the molecule is CCCN(CC(=O)N(C)C)C(=O)N1C(C)SCC1C(=O)O. The quantitative estimate of drug-likeness (QED) is 0.809. The fourth-order valence-electron chi connectivity index (χ4n) is 2.10. The molecular weight excluding hydrogens is 294 g/mol. The standard InChI is InChI=1S/C13H23N3O4S/c1-5-6-15(7-11(17)14(3)4)13(20)16-9(2)21-8-10(16)12(18)19/h9-10H,5-8H2,1-4H3,(H,18,19). The van der Waals surface area contributed by atoms with Crippen molar-refractivity contribution in [2.24, 2.45) is 0 Å². The van der Waals surface area contributed by atoms with Crippen LogP contribution < -0.4 is 0 Å². The maximum Gasteiger partial charge on any atom is 0.327 e. The summed E-state index contributed by atoms with van der Waals surface area (Å²) in [7, 11) is 3.26. The number of hydrogen-bond donors (Lipinski definition) is 1. The molecule has 0 radical (unpaired) electrons. The van der Waals surface area contributed by atoms with Crippen molar-refractivity contribution >= 4 is 29.7 Å². The predicted octanol–water partition coefficient (Wildman–Crippen LogP) is 0.755. The van der Waals surface area contributed by atoms with Gasteiger partial charge in [0.2, 0.25) is 5.91 Å². The first-order chi connectivity index (χ1) is 9.79. The van der Waals surface area contributed by atoms with Gasteiger partial charge in [-0.3, -0.25) is 9.69 Å². The van der Waals surface area contributed by atoms with Crippen molar-refractivity contribution < 1.29 is 19.5 Å². The number of carbonyl (C=O) groups is 3. The number of likely N-dealkylation sites (N-methyl/N-ethyl adjacent to an activating group) is 1. The number of carboxylic acid groups (broad SMARTS) is 1. The number of hydrogen-bond acceptors (Lipinski definition) is 4. The third-order valence-corrected chi connectivity index (χ3v) is 4.54. The van der Waals surface area contributed by atoms with Crippen molar-refractivity contribution in [3.63, 3.8) is 0 Å². The smallest absolute Gasteiger partial charge is 0.327 e. The van der Waals surface area contributed by atoms with Crippen LogP contribution in [0.25, 0.3) is 0 Å². The Hall–Kier alpha value is -1.44. The minimum absolute atomic E-state index is 0.0279. The summed E-state index contributed by atoms with van der Waals surface area (Å²) >= 11 is 1.43. The Morgan fingerprint density at radius 2 is 1.95 bits per heavy atom. The molecule has 0 spiro atoms. The van der Waals surface area contributed by atoms with Crippen LogP contribution in [0.3, 0.4) is 0 Å². The van der Waals surface area contributed by atoms with Crippen LogP contribution in [0.2, 0.25) is 0 Å². The van der Waals surface area contributed by atoms with E-state index in [0.29, 0.717) is 18.7 Å². The number of urea groups is 1. The van der Waals surface area contributed by atoms with Crippen LogP contribution in [0.1, 0.15) is 20.3 Å². The molecule has 1 aliphatic heterocycles. The molecule has 1 heterocycles. The zero-order chi connectivity index (χ0) is 16.2. The van der Waals surface area contributed by atoms with Crippen molar-refractivity contribution in [1.82, 2.24) is 14.7 Å². The Labute approximate surface area is 129 Å². The Morgan fingerprint density at radius 1 is 1.33 bits per heavy atom. The van der Waals surface area contributed by atoms with E-state index in [4.69, 9.17) is 0 Å². The lowest BCUT2D eigenvalue weighted by Crippen LogP contribution is -2.53. The summed E-state index contributed by atoms with van der Waals surface area (Å²) in [6.07, 6.45) is 0.708. The van der Waals surface area contributed by atoms with Gasteiger partial charge in [0.25, 0.3) is 0 Å². The van der Waals surface area contributed by atoms with Gasteiger partial charge in [0.1, 0.15) is 12.6 Å². The van der Waals surface area contributed by atoms with Gasteiger partial charge in [-0.15, -0.1) is 11.8 Å². The molecule has 7 nitrogen and oxygen atoms in total. The summed E-state index contributed by atoms with van der Waals surface area (Å²) in [6.45, 7) is 4.12. The summed E-state index contributed by atoms with van der Waals surface area (Å²) in [4.78, 5) is 40.0. The van der Waals surface area contributed by atoms with E-state index >= 15 is 0 Å². The van der Waals surface area contributed by atoms with Gasteiger partial charge in [-0.1, -0.05) is 6.92 Å². The maximum absolute atomic E-state index is 12.6. The van der Waals surface area contributed by atoms with E-state index in [9.17, 15) is 19.5 Å². The lowest BCUT2D eigenvalue weighted by molar-refractivity contribution is -0.141. The Kier molecular flexibility index (Phi) is 6.32. The van der Waals surface area contributed by atoms with E-state index in [1.807, 2.05) is 13.8 Å². The van der Waals surface area contributed by atoms with Crippen LogP contribution in [0.15, 0.2) is 0 Å². The fourth-order valence-corrected chi connectivity index (χ4v) is 3.27. The number of amides is 3. The van der Waals surface area contributed by atoms with Gasteiger partial charge >= 0.3 is 12.0 Å². The molecule has 1 saturated heterocycles. The minimum atomic E-state index is -1.00. The molecule has 3 amide bonds. The molecule has 1 rings (SSSR count). The molecule has 0 aromatic carbocycles. The largest absolute Gasteiger partial charge is 0.480 e. The number of rotatable bonds is 5. The van der Waals surface area contributed by atoms with Crippen LogP contribution >= 0.6 is 11.8 Å². The van der Waals surface area contributed by atoms with E-state index in [-0.39, 0.29) is 23.9 Å². The van der Waals surface area contributed by atoms with Crippen LogP contribution in [-0.4, -0.2) is 82.1 Å². The molecule has 1 fully saturated rings. The van der Waals surface area contributed by atoms with Gasteiger partial charge in [0.15, 0.2) is 0 Å². The maximum atomic E-state index is 12.6. The number of carboxylic acids is 1. The van der Waals surface area contributed by atoms with E-state index in [1.54, 1.807) is 14.1 Å². The normalized spacial score (nSPS) is 21.2. The summed E-state index contributed by atoms with van der Waals surface area (Å²) in [5.41, 5.74) is 0. The molecule has 8 heteroatoms. The highest BCUT2D eigenvalue weighted by atomic mass is 32.2. The first kappa shape index (κ1) is 17.6. The Morgan fingerprint density at radius 3 is 2.43 bits per heavy atom. The summed E-state index contributed by atoms with van der Waals surface area (Å²) in [6, 6.07) is -1.21. The third kappa shape index (κ3) is 4.26. The third-order valence-electron chi connectivity index (χ3n) is 3.32. The molecule has 2 unspecified atom stereocenters. The van der Waals surface area contributed by atoms with E-state index in [1.165, 1.54) is 26.5 Å². The van der Waals surface area contributed by atoms with Crippen LogP contribution in [-0.2, 0) is 9.59 Å². The number of nitrogens with zero attached hydrogens (tertiary/aromatic N) is 3. The molecule has 120 valence electrons. The summed E-state index contributed by atoms with van der Waals surface area (Å²) in [5, 5.41) is 9.03. The van der Waals surface area contributed by atoms with Crippen LogP contribution in [0.5, 0.6) is 0 Å². The van der Waals surface area contributed by atoms with E-state index in [2.05, 4.69) is 0 Å². The first-order valence-electron chi connectivity index (χ1n) is 6.91. The predicted molar refractivity (Wildman–Crippen MR) is 81.1 cm³/mol. The lowest BCUT2D eigenvalue weighted by atomic mass is 10.3. The second kappa shape index (κ2) is 7.53. The molecule has 1 N–H and O–H groups in total. The Bertz CT molecular complexity index is 416. The zero-order valence-corrected chi connectivity index (χ0v) is 13.7. The van der Waals surface area contributed by atoms with Gasteiger partial charge in [0.05, 0.1) is 5.37 Å². The average Bonchev–Trinajstić information content (AvgIpc) is 2.79. The highest BCUT2D eigenvalue weighted by Gasteiger charge is 2.41. The van der Waals surface area contributed by atoms with Crippen molar-refractivity contribution in [3.05, 3.63) is 0 Å². The highest BCUT2D eigenvalue weighted by molar-refractivity contribution is 8.00.